The third kappa shape index (κ3) is 18.1. The summed E-state index contributed by atoms with van der Waals surface area (Å²) in [5, 5.41) is 11.4. The topological polar surface area (TPSA) is 166 Å². The second-order valence-electron chi connectivity index (χ2n) is 17.6. The van der Waals surface area contributed by atoms with Crippen molar-refractivity contribution in [2.75, 3.05) is 105 Å². The van der Waals surface area contributed by atoms with E-state index in [1.165, 1.54) is 77.0 Å². The largest absolute Gasteiger partial charge is 0.412 e. The van der Waals surface area contributed by atoms with E-state index in [9.17, 15) is 19.2 Å². The van der Waals surface area contributed by atoms with Crippen LogP contribution in [0.4, 0.5) is 19.2 Å². The van der Waals surface area contributed by atoms with Crippen molar-refractivity contribution in [2.24, 2.45) is 0 Å². The summed E-state index contributed by atoms with van der Waals surface area (Å²) in [6.45, 7) is 13.2. The van der Waals surface area contributed by atoms with Gasteiger partial charge in [0.1, 0.15) is 0 Å². The number of ether oxygens (including phenoxy) is 4. The summed E-state index contributed by atoms with van der Waals surface area (Å²) in [5.41, 5.74) is 1.85. The number of aryl methyl sites for hydroxylation is 2. The van der Waals surface area contributed by atoms with E-state index in [1.807, 2.05) is 12.1 Å². The number of carbonyl (C=O) groups excluding carboxylic acids is 4. The molecule has 2 aromatic rings. The van der Waals surface area contributed by atoms with Gasteiger partial charge in [0.25, 0.3) is 0 Å². The predicted molar refractivity (Wildman–Crippen MR) is 247 cm³/mol. The second kappa shape index (κ2) is 27.6. The van der Waals surface area contributed by atoms with E-state index in [0.717, 1.165) is 103 Å². The first-order chi connectivity index (χ1) is 31.4. The molecule has 4 saturated heterocycles. The fourth-order valence-electron chi connectivity index (χ4n) is 8.94. The summed E-state index contributed by atoms with van der Waals surface area (Å²) in [7, 11) is 0. The molecule has 16 nitrogen and oxygen atoms in total. The molecule has 0 spiro atoms. The first-order valence-corrected chi connectivity index (χ1v) is 24.3. The van der Waals surface area contributed by atoms with Gasteiger partial charge < -0.3 is 59.8 Å². The van der Waals surface area contributed by atoms with Gasteiger partial charge in [-0.05, 0) is 165 Å². The van der Waals surface area contributed by atoms with Crippen LogP contribution in [0.2, 0.25) is 0 Å². The zero-order valence-corrected chi connectivity index (χ0v) is 38.1. The normalized spacial score (nSPS) is 17.8. The second-order valence-corrected chi connectivity index (χ2v) is 17.6. The standard InChI is InChI=1S/C48H74N8O8/c57-45(49-21-33-53-25-7-1-8-26-53)61-41-19-17-39(37-43(41)63-47(59)51-23-35-55-29-11-3-12-30-55)15-5-6-16-40-18-20-42(62-46(58)50-22-34-54-27-9-2-10-28-54)44(38-40)64-48(60)52-24-36-56-31-13-4-14-32-56/h17-20,37-38H,1-16,21-36H2,(H,49,57)(H,50,58)(H,51,59)(H,52,60). The molecule has 4 heterocycles. The van der Waals surface area contributed by atoms with Crippen LogP contribution in [0.5, 0.6) is 23.0 Å². The number of likely N-dealkylation sites (tertiary alicyclic amines) is 4. The molecule has 0 unspecified atom stereocenters. The minimum absolute atomic E-state index is 0.173. The molecular formula is C48H74N8O8. The van der Waals surface area contributed by atoms with E-state index >= 15 is 0 Å². The highest BCUT2D eigenvalue weighted by Gasteiger charge is 2.19. The van der Waals surface area contributed by atoms with E-state index in [1.54, 1.807) is 24.3 Å². The van der Waals surface area contributed by atoms with Gasteiger partial charge in [-0.3, -0.25) is 0 Å². The van der Waals surface area contributed by atoms with Crippen LogP contribution in [0.1, 0.15) is 101 Å². The van der Waals surface area contributed by atoms with Crippen molar-refractivity contribution < 1.29 is 38.1 Å². The Morgan fingerprint density at radius 2 is 0.641 bits per heavy atom. The minimum Gasteiger partial charge on any atom is -0.406 e. The van der Waals surface area contributed by atoms with Crippen LogP contribution in [0.3, 0.4) is 0 Å². The van der Waals surface area contributed by atoms with Crippen LogP contribution in [-0.2, 0) is 12.8 Å². The highest BCUT2D eigenvalue weighted by Crippen LogP contribution is 2.31. The van der Waals surface area contributed by atoms with E-state index in [0.29, 0.717) is 39.0 Å². The first-order valence-electron chi connectivity index (χ1n) is 24.3. The number of amides is 4. The first kappa shape index (κ1) is 48.8. The third-order valence-electron chi connectivity index (χ3n) is 12.6. The molecule has 0 aliphatic carbocycles. The summed E-state index contributed by atoms with van der Waals surface area (Å²) in [6, 6.07) is 10.7. The lowest BCUT2D eigenvalue weighted by molar-refractivity contribution is 0.183. The summed E-state index contributed by atoms with van der Waals surface area (Å²) < 4.78 is 22.9. The average Bonchev–Trinajstić information content (AvgIpc) is 3.31. The monoisotopic (exact) mass is 891 g/mol. The highest BCUT2D eigenvalue weighted by molar-refractivity contribution is 5.75. The van der Waals surface area contributed by atoms with Crippen LogP contribution in [-0.4, -0.2) is 149 Å². The number of hydrogen-bond donors (Lipinski definition) is 4. The van der Waals surface area contributed by atoms with Gasteiger partial charge in [-0.2, -0.15) is 0 Å². The molecule has 0 atom stereocenters. The molecule has 4 fully saturated rings. The summed E-state index contributed by atoms with van der Waals surface area (Å²) >= 11 is 0. The number of carbonyl (C=O) groups is 4. The van der Waals surface area contributed by atoms with Crippen molar-refractivity contribution in [3.05, 3.63) is 47.5 Å². The van der Waals surface area contributed by atoms with Gasteiger partial charge in [0, 0.05) is 52.4 Å². The maximum atomic E-state index is 13.0. The maximum Gasteiger partial charge on any atom is 0.412 e. The molecule has 64 heavy (non-hydrogen) atoms. The van der Waals surface area contributed by atoms with E-state index < -0.39 is 24.4 Å². The fraction of sp³-hybridized carbons (Fsp3) is 0.667. The van der Waals surface area contributed by atoms with E-state index in [-0.39, 0.29) is 23.0 Å². The van der Waals surface area contributed by atoms with Crippen molar-refractivity contribution >= 4 is 24.4 Å². The average molecular weight is 891 g/mol. The lowest BCUT2D eigenvalue weighted by Gasteiger charge is -2.26. The lowest BCUT2D eigenvalue weighted by Crippen LogP contribution is -2.39. The van der Waals surface area contributed by atoms with Gasteiger partial charge in [-0.15, -0.1) is 0 Å². The Morgan fingerprint density at radius 1 is 0.375 bits per heavy atom. The van der Waals surface area contributed by atoms with E-state index in [4.69, 9.17) is 18.9 Å². The Morgan fingerprint density at radius 3 is 0.922 bits per heavy atom. The van der Waals surface area contributed by atoms with Crippen molar-refractivity contribution in [3.8, 4) is 23.0 Å². The van der Waals surface area contributed by atoms with Gasteiger partial charge in [0.2, 0.25) is 0 Å². The molecule has 0 aromatic heterocycles. The number of nitrogens with one attached hydrogen (secondary N) is 4. The Balaban J connectivity index is 1.02. The highest BCUT2D eigenvalue weighted by atomic mass is 16.6. The number of nitrogens with zero attached hydrogens (tertiary/aromatic N) is 4. The van der Waals surface area contributed by atoms with Gasteiger partial charge in [0.15, 0.2) is 23.0 Å². The molecule has 4 aliphatic rings. The number of benzene rings is 2. The van der Waals surface area contributed by atoms with Crippen LogP contribution >= 0.6 is 0 Å². The van der Waals surface area contributed by atoms with Gasteiger partial charge in [-0.25, -0.2) is 19.2 Å². The molecule has 0 bridgehead atoms. The molecule has 2 aromatic carbocycles. The molecule has 6 rings (SSSR count). The molecule has 0 saturated carbocycles. The van der Waals surface area contributed by atoms with Gasteiger partial charge in [-0.1, -0.05) is 37.8 Å². The lowest BCUT2D eigenvalue weighted by atomic mass is 10.0. The van der Waals surface area contributed by atoms with Crippen molar-refractivity contribution in [2.45, 2.75) is 103 Å². The quantitative estimate of drug-likeness (QED) is 0.100. The van der Waals surface area contributed by atoms with Crippen LogP contribution in [0.25, 0.3) is 0 Å². The van der Waals surface area contributed by atoms with Crippen LogP contribution in [0, 0.1) is 0 Å². The summed E-state index contributed by atoms with van der Waals surface area (Å²) in [4.78, 5) is 61.0. The number of hydrogen-bond acceptors (Lipinski definition) is 12. The Bertz CT molecular complexity index is 1620. The summed E-state index contributed by atoms with van der Waals surface area (Å²) in [5.74, 6) is 0.709. The van der Waals surface area contributed by atoms with Crippen LogP contribution in [0.15, 0.2) is 36.4 Å². The van der Waals surface area contributed by atoms with Crippen molar-refractivity contribution in [1.82, 2.24) is 40.9 Å². The maximum absolute atomic E-state index is 13.0. The smallest absolute Gasteiger partial charge is 0.406 e. The fourth-order valence-corrected chi connectivity index (χ4v) is 8.94. The Hall–Kier alpha value is -4.64. The molecule has 4 amide bonds. The number of rotatable bonds is 21. The van der Waals surface area contributed by atoms with Crippen molar-refractivity contribution in [1.29, 1.82) is 0 Å². The Labute approximate surface area is 380 Å². The third-order valence-corrected chi connectivity index (χ3v) is 12.6. The molecular weight excluding hydrogens is 817 g/mol. The SMILES string of the molecule is O=C(NCCN1CCCCC1)Oc1ccc(CCCCc2ccc(OC(=O)NCCN3CCCCC3)c(OC(=O)NCCN3CCCCC3)c2)cc1OC(=O)NCCN1CCCCC1. The van der Waals surface area contributed by atoms with E-state index in [2.05, 4.69) is 40.9 Å². The predicted octanol–water partition coefficient (Wildman–Crippen LogP) is 6.55. The van der Waals surface area contributed by atoms with Crippen LogP contribution < -0.4 is 40.2 Å². The van der Waals surface area contributed by atoms with Gasteiger partial charge in [0.05, 0.1) is 0 Å². The molecule has 354 valence electrons. The number of unbranched alkanes of at least 4 members (excludes halogenated alkanes) is 1. The van der Waals surface area contributed by atoms with Crippen molar-refractivity contribution in [3.63, 3.8) is 0 Å². The molecule has 0 radical (unpaired) electrons. The minimum atomic E-state index is -0.597. The Kier molecular flexibility index (Phi) is 21.1. The zero-order valence-electron chi connectivity index (χ0n) is 38.1. The summed E-state index contributed by atoms with van der Waals surface area (Å²) in [6.07, 6.45) is 14.9. The zero-order chi connectivity index (χ0) is 44.6. The number of piperidine rings is 4. The van der Waals surface area contributed by atoms with Gasteiger partial charge >= 0.3 is 24.4 Å². The molecule has 4 aliphatic heterocycles. The molecule has 16 heteroatoms. The molecule has 4 N–H and O–H groups in total.